The zero-order valence-corrected chi connectivity index (χ0v) is 17.4. The summed E-state index contributed by atoms with van der Waals surface area (Å²) in [5, 5.41) is 21.2. The standard InChI is InChI=1S/C23H21N7O2/c1-32-21-9-16(4-5-20(21)30-11-17(31)12-30)26-22-23-24-6-7-29(23)13-19(27-22)14-2-3-15-10-25-28-18(15)8-14/h2-10,13,17,31H,11-12H2,1H3,(H,25,28)(H,26,27). The molecule has 2 aromatic carbocycles. The van der Waals surface area contributed by atoms with Gasteiger partial charge in [-0.05, 0) is 18.2 Å². The normalized spacial score (nSPS) is 14.1. The molecule has 0 spiro atoms. The molecule has 1 saturated heterocycles. The SMILES string of the molecule is COc1cc(Nc2nc(-c3ccc4cn[nH]c4c3)cn3ccnc23)ccc1N1CC(O)C1. The molecule has 1 aliphatic heterocycles. The Kier molecular flexibility index (Phi) is 4.22. The number of anilines is 3. The van der Waals surface area contributed by atoms with Gasteiger partial charge in [0.05, 0.1) is 36.3 Å². The summed E-state index contributed by atoms with van der Waals surface area (Å²) in [4.78, 5) is 11.4. The van der Waals surface area contributed by atoms with Crippen molar-refractivity contribution in [3.8, 4) is 17.0 Å². The van der Waals surface area contributed by atoms with Crippen LogP contribution in [0.2, 0.25) is 0 Å². The molecule has 32 heavy (non-hydrogen) atoms. The molecule has 0 unspecified atom stereocenters. The van der Waals surface area contributed by atoms with Crippen molar-refractivity contribution < 1.29 is 9.84 Å². The minimum absolute atomic E-state index is 0.279. The first-order valence-electron chi connectivity index (χ1n) is 10.3. The minimum Gasteiger partial charge on any atom is -0.495 e. The van der Waals surface area contributed by atoms with Gasteiger partial charge in [0.1, 0.15) is 5.75 Å². The average molecular weight is 427 g/mol. The van der Waals surface area contributed by atoms with Crippen LogP contribution in [0.1, 0.15) is 0 Å². The Labute approximate surface area is 183 Å². The van der Waals surface area contributed by atoms with Gasteiger partial charge in [0.15, 0.2) is 11.5 Å². The second kappa shape index (κ2) is 7.24. The summed E-state index contributed by atoms with van der Waals surface area (Å²) in [6, 6.07) is 12.0. The van der Waals surface area contributed by atoms with E-state index in [0.29, 0.717) is 18.9 Å². The van der Waals surface area contributed by atoms with E-state index < -0.39 is 0 Å². The van der Waals surface area contributed by atoms with Gasteiger partial charge in [-0.1, -0.05) is 12.1 Å². The van der Waals surface area contributed by atoms with E-state index >= 15 is 0 Å². The van der Waals surface area contributed by atoms with Crippen molar-refractivity contribution in [1.29, 1.82) is 0 Å². The third-order valence-corrected chi connectivity index (χ3v) is 5.76. The maximum atomic E-state index is 9.62. The van der Waals surface area contributed by atoms with Crippen LogP contribution < -0.4 is 15.0 Å². The maximum Gasteiger partial charge on any atom is 0.180 e. The van der Waals surface area contributed by atoms with Crippen LogP contribution in [0.15, 0.2) is 61.2 Å². The molecule has 3 N–H and O–H groups in total. The molecule has 4 heterocycles. The summed E-state index contributed by atoms with van der Waals surface area (Å²) in [6.07, 6.45) is 7.14. The lowest BCUT2D eigenvalue weighted by Crippen LogP contribution is -2.50. The smallest absolute Gasteiger partial charge is 0.180 e. The summed E-state index contributed by atoms with van der Waals surface area (Å²) in [5.74, 6) is 1.38. The van der Waals surface area contributed by atoms with Crippen molar-refractivity contribution in [3.05, 3.63) is 61.2 Å². The van der Waals surface area contributed by atoms with E-state index in [1.807, 2.05) is 53.2 Å². The zero-order chi connectivity index (χ0) is 21.7. The Morgan fingerprint density at radius 3 is 2.94 bits per heavy atom. The molecular formula is C23H21N7O2. The van der Waals surface area contributed by atoms with Crippen molar-refractivity contribution in [1.82, 2.24) is 24.6 Å². The van der Waals surface area contributed by atoms with Crippen molar-refractivity contribution in [2.45, 2.75) is 6.10 Å². The van der Waals surface area contributed by atoms with Gasteiger partial charge in [-0.2, -0.15) is 5.10 Å². The summed E-state index contributed by atoms with van der Waals surface area (Å²) < 4.78 is 7.55. The zero-order valence-electron chi connectivity index (χ0n) is 17.4. The van der Waals surface area contributed by atoms with Crippen LogP contribution in [0.4, 0.5) is 17.2 Å². The highest BCUT2D eigenvalue weighted by Crippen LogP contribution is 2.35. The quantitative estimate of drug-likeness (QED) is 0.396. The van der Waals surface area contributed by atoms with Gasteiger partial charge in [0.25, 0.3) is 0 Å². The number of fused-ring (bicyclic) bond motifs is 2. The van der Waals surface area contributed by atoms with Crippen LogP contribution in [0.5, 0.6) is 5.75 Å². The second-order valence-electron chi connectivity index (χ2n) is 7.88. The Morgan fingerprint density at radius 1 is 1.19 bits per heavy atom. The van der Waals surface area contributed by atoms with E-state index in [1.165, 1.54) is 0 Å². The average Bonchev–Trinajstić information content (AvgIpc) is 3.45. The van der Waals surface area contributed by atoms with Crippen LogP contribution in [0.3, 0.4) is 0 Å². The number of aromatic amines is 1. The Bertz CT molecular complexity index is 1440. The minimum atomic E-state index is -0.279. The highest BCUT2D eigenvalue weighted by molar-refractivity contribution is 5.84. The van der Waals surface area contributed by atoms with E-state index in [-0.39, 0.29) is 6.10 Å². The van der Waals surface area contributed by atoms with Crippen molar-refractivity contribution in [2.75, 3.05) is 30.4 Å². The molecule has 1 aliphatic rings. The molecule has 160 valence electrons. The van der Waals surface area contributed by atoms with Crippen LogP contribution in [-0.4, -0.2) is 56.0 Å². The van der Waals surface area contributed by atoms with Gasteiger partial charge in [-0.15, -0.1) is 0 Å². The third-order valence-electron chi connectivity index (χ3n) is 5.76. The number of methoxy groups -OCH3 is 1. The largest absolute Gasteiger partial charge is 0.495 e. The first-order chi connectivity index (χ1) is 15.7. The number of rotatable bonds is 5. The predicted octanol–water partition coefficient (Wildman–Crippen LogP) is 3.21. The number of nitrogens with one attached hydrogen (secondary N) is 2. The Balaban J connectivity index is 1.38. The predicted molar refractivity (Wildman–Crippen MR) is 123 cm³/mol. The van der Waals surface area contributed by atoms with E-state index in [4.69, 9.17) is 9.72 Å². The number of hydrogen-bond acceptors (Lipinski definition) is 7. The summed E-state index contributed by atoms with van der Waals surface area (Å²) in [7, 11) is 1.65. The number of aliphatic hydroxyl groups excluding tert-OH is 1. The van der Waals surface area contributed by atoms with Crippen LogP contribution >= 0.6 is 0 Å². The number of aromatic nitrogens is 5. The molecule has 0 saturated carbocycles. The molecule has 0 atom stereocenters. The van der Waals surface area contributed by atoms with Crippen LogP contribution in [-0.2, 0) is 0 Å². The van der Waals surface area contributed by atoms with Crippen LogP contribution in [0.25, 0.3) is 27.8 Å². The number of imidazole rings is 1. The number of nitrogens with zero attached hydrogens (tertiary/aromatic N) is 5. The van der Waals surface area contributed by atoms with Gasteiger partial charge < -0.3 is 24.5 Å². The molecule has 9 nitrogen and oxygen atoms in total. The Hall–Kier alpha value is -4.11. The highest BCUT2D eigenvalue weighted by atomic mass is 16.5. The molecule has 9 heteroatoms. The number of aliphatic hydroxyl groups is 1. The number of β-amino-alcohol motifs (C(OH)–C–C–N with tert-alkyl or cyclic N) is 1. The molecule has 5 aromatic rings. The fraction of sp³-hybridized carbons (Fsp3) is 0.174. The van der Waals surface area contributed by atoms with Crippen LogP contribution in [0, 0.1) is 0 Å². The fourth-order valence-electron chi connectivity index (χ4n) is 4.06. The summed E-state index contributed by atoms with van der Waals surface area (Å²) in [5.41, 5.74) is 5.28. The van der Waals surface area contributed by atoms with Gasteiger partial charge in [-0.3, -0.25) is 5.10 Å². The summed E-state index contributed by atoms with van der Waals surface area (Å²) >= 11 is 0. The number of ether oxygens (including phenoxy) is 1. The molecule has 0 radical (unpaired) electrons. The lowest BCUT2D eigenvalue weighted by Gasteiger charge is -2.38. The molecule has 0 bridgehead atoms. The van der Waals surface area contributed by atoms with Gasteiger partial charge in [0.2, 0.25) is 0 Å². The topological polar surface area (TPSA) is 104 Å². The lowest BCUT2D eigenvalue weighted by atomic mass is 10.1. The van der Waals surface area contributed by atoms with Crippen molar-refractivity contribution >= 4 is 33.7 Å². The van der Waals surface area contributed by atoms with E-state index in [0.717, 1.165) is 44.9 Å². The fourth-order valence-corrected chi connectivity index (χ4v) is 4.06. The second-order valence-corrected chi connectivity index (χ2v) is 7.88. The van der Waals surface area contributed by atoms with Gasteiger partial charge >= 0.3 is 0 Å². The molecule has 0 aliphatic carbocycles. The highest BCUT2D eigenvalue weighted by Gasteiger charge is 2.27. The monoisotopic (exact) mass is 427 g/mol. The number of hydrogen-bond donors (Lipinski definition) is 3. The first-order valence-corrected chi connectivity index (χ1v) is 10.3. The summed E-state index contributed by atoms with van der Waals surface area (Å²) in [6.45, 7) is 1.23. The van der Waals surface area contributed by atoms with E-state index in [2.05, 4.69) is 25.4 Å². The van der Waals surface area contributed by atoms with Gasteiger partial charge in [-0.25, -0.2) is 9.97 Å². The Morgan fingerprint density at radius 2 is 2.09 bits per heavy atom. The van der Waals surface area contributed by atoms with Crippen molar-refractivity contribution in [3.63, 3.8) is 0 Å². The molecule has 6 rings (SSSR count). The van der Waals surface area contributed by atoms with E-state index in [1.54, 1.807) is 19.5 Å². The molecular weight excluding hydrogens is 406 g/mol. The molecule has 3 aromatic heterocycles. The first kappa shape index (κ1) is 18.6. The molecule has 1 fully saturated rings. The van der Waals surface area contributed by atoms with Gasteiger partial charge in [0, 0.05) is 54.4 Å². The third kappa shape index (κ3) is 3.10. The maximum absolute atomic E-state index is 9.62. The molecule has 0 amide bonds. The number of benzene rings is 2. The number of H-pyrrole nitrogens is 1. The lowest BCUT2D eigenvalue weighted by molar-refractivity contribution is 0.141. The van der Waals surface area contributed by atoms with E-state index in [9.17, 15) is 5.11 Å². The van der Waals surface area contributed by atoms with Crippen molar-refractivity contribution in [2.24, 2.45) is 0 Å².